The van der Waals surface area contributed by atoms with Crippen molar-refractivity contribution in [2.45, 2.75) is 45.7 Å². The van der Waals surface area contributed by atoms with Crippen molar-refractivity contribution in [2.24, 2.45) is 5.73 Å². The zero-order valence-corrected chi connectivity index (χ0v) is 13.5. The molecule has 0 amide bonds. The van der Waals surface area contributed by atoms with Crippen LogP contribution in [0, 0.1) is 0 Å². The number of rotatable bonds is 7. The molecule has 0 saturated carbocycles. The van der Waals surface area contributed by atoms with E-state index in [1.807, 2.05) is 18.0 Å². The fourth-order valence-electron chi connectivity index (χ4n) is 2.04. The van der Waals surface area contributed by atoms with Crippen molar-refractivity contribution in [1.82, 2.24) is 9.97 Å². The number of nitrogens with two attached hydrogens (primary N) is 1. The Hall–Kier alpha value is -0.810. The second-order valence-electron chi connectivity index (χ2n) is 5.05. The average Bonchev–Trinajstić information content (AvgIpc) is 2.43. The summed E-state index contributed by atoms with van der Waals surface area (Å²) in [7, 11) is 2.11. The summed E-state index contributed by atoms with van der Waals surface area (Å²) in [4.78, 5) is 11.3. The molecular formula is C14H26N4S. The first-order valence-electron chi connectivity index (χ1n) is 6.82. The second-order valence-corrected chi connectivity index (χ2v) is 5.96. The summed E-state index contributed by atoms with van der Waals surface area (Å²) in [6.07, 6.45) is 5.17. The third kappa shape index (κ3) is 4.08. The molecule has 1 atom stereocenters. The van der Waals surface area contributed by atoms with Gasteiger partial charge < -0.3 is 10.6 Å². The highest BCUT2D eigenvalue weighted by Crippen LogP contribution is 2.23. The van der Waals surface area contributed by atoms with E-state index in [4.69, 9.17) is 5.73 Å². The quantitative estimate of drug-likeness (QED) is 0.833. The lowest BCUT2D eigenvalue weighted by molar-refractivity contribution is 0.661. The molecule has 1 aromatic heterocycles. The third-order valence-corrected chi connectivity index (χ3v) is 4.05. The number of anilines is 1. The first kappa shape index (κ1) is 16.2. The maximum absolute atomic E-state index is 5.85. The van der Waals surface area contributed by atoms with E-state index in [-0.39, 0.29) is 0 Å². The van der Waals surface area contributed by atoms with Crippen molar-refractivity contribution < 1.29 is 0 Å². The predicted octanol–water partition coefficient (Wildman–Crippen LogP) is 2.64. The Morgan fingerprint density at radius 1 is 1.42 bits per heavy atom. The van der Waals surface area contributed by atoms with Crippen LogP contribution in [0.3, 0.4) is 0 Å². The third-order valence-electron chi connectivity index (χ3n) is 3.33. The van der Waals surface area contributed by atoms with Crippen molar-refractivity contribution in [3.63, 3.8) is 0 Å². The van der Waals surface area contributed by atoms with Crippen LogP contribution in [-0.2, 0) is 6.54 Å². The van der Waals surface area contributed by atoms with Crippen LogP contribution in [0.4, 0.5) is 5.69 Å². The van der Waals surface area contributed by atoms with Crippen LogP contribution >= 0.6 is 11.8 Å². The van der Waals surface area contributed by atoms with Gasteiger partial charge in [0.15, 0.2) is 0 Å². The van der Waals surface area contributed by atoms with Gasteiger partial charge in [-0.25, -0.2) is 9.97 Å². The van der Waals surface area contributed by atoms with Crippen LogP contribution < -0.4 is 10.6 Å². The number of thioether (sulfide) groups is 1. The first-order chi connectivity index (χ1) is 9.04. The Morgan fingerprint density at radius 3 is 2.58 bits per heavy atom. The van der Waals surface area contributed by atoms with Crippen LogP contribution in [0.25, 0.3) is 0 Å². The largest absolute Gasteiger partial charge is 0.368 e. The number of nitrogens with zero attached hydrogens (tertiary/aromatic N) is 3. The lowest BCUT2D eigenvalue weighted by Crippen LogP contribution is -2.34. The van der Waals surface area contributed by atoms with Gasteiger partial charge in [0.1, 0.15) is 5.82 Å². The van der Waals surface area contributed by atoms with Gasteiger partial charge in [-0.2, -0.15) is 11.8 Å². The topological polar surface area (TPSA) is 55.0 Å². The molecule has 108 valence electrons. The SMILES string of the molecule is CCC(CSC)N(C)c1cnc(C(C)C)nc1CN. The van der Waals surface area contributed by atoms with Crippen molar-refractivity contribution in [2.75, 3.05) is 24.0 Å². The number of aromatic nitrogens is 2. The van der Waals surface area contributed by atoms with Gasteiger partial charge >= 0.3 is 0 Å². The van der Waals surface area contributed by atoms with Gasteiger partial charge in [0.05, 0.1) is 17.6 Å². The Kier molecular flexibility index (Phi) is 6.58. The maximum atomic E-state index is 5.85. The van der Waals surface area contributed by atoms with Gasteiger partial charge in [-0.3, -0.25) is 0 Å². The highest BCUT2D eigenvalue weighted by Gasteiger charge is 2.17. The Labute approximate surface area is 121 Å². The minimum atomic E-state index is 0.331. The molecule has 1 unspecified atom stereocenters. The molecule has 4 nitrogen and oxygen atoms in total. The maximum Gasteiger partial charge on any atom is 0.131 e. The lowest BCUT2D eigenvalue weighted by atomic mass is 10.1. The highest BCUT2D eigenvalue weighted by atomic mass is 32.2. The minimum absolute atomic E-state index is 0.331. The molecule has 1 heterocycles. The number of hydrogen-bond donors (Lipinski definition) is 1. The summed E-state index contributed by atoms with van der Waals surface area (Å²) in [6.45, 7) is 6.86. The summed E-state index contributed by atoms with van der Waals surface area (Å²) in [5.74, 6) is 2.30. The van der Waals surface area contributed by atoms with Gasteiger partial charge in [0.25, 0.3) is 0 Å². The highest BCUT2D eigenvalue weighted by molar-refractivity contribution is 7.98. The zero-order valence-electron chi connectivity index (χ0n) is 12.7. The predicted molar refractivity (Wildman–Crippen MR) is 84.9 cm³/mol. The average molecular weight is 282 g/mol. The summed E-state index contributed by atoms with van der Waals surface area (Å²) in [6, 6.07) is 0.494. The fraction of sp³-hybridized carbons (Fsp3) is 0.714. The van der Waals surface area contributed by atoms with Gasteiger partial charge in [-0.15, -0.1) is 0 Å². The van der Waals surface area contributed by atoms with E-state index in [2.05, 4.69) is 48.9 Å². The van der Waals surface area contributed by atoms with E-state index in [9.17, 15) is 0 Å². The van der Waals surface area contributed by atoms with Crippen LogP contribution in [0.2, 0.25) is 0 Å². The smallest absolute Gasteiger partial charge is 0.131 e. The normalized spacial score (nSPS) is 12.8. The fourth-order valence-corrected chi connectivity index (χ4v) is 2.89. The van der Waals surface area contributed by atoms with Crippen molar-refractivity contribution in [1.29, 1.82) is 0 Å². The molecule has 19 heavy (non-hydrogen) atoms. The molecule has 1 rings (SSSR count). The molecule has 0 spiro atoms. The van der Waals surface area contributed by atoms with E-state index in [1.54, 1.807) is 0 Å². The van der Waals surface area contributed by atoms with Gasteiger partial charge in [0.2, 0.25) is 0 Å². The molecular weight excluding hydrogens is 256 g/mol. The van der Waals surface area contributed by atoms with Crippen LogP contribution in [0.15, 0.2) is 6.20 Å². The molecule has 0 radical (unpaired) electrons. The monoisotopic (exact) mass is 282 g/mol. The molecule has 0 saturated heterocycles. The summed E-state index contributed by atoms with van der Waals surface area (Å²) in [5.41, 5.74) is 7.86. The zero-order chi connectivity index (χ0) is 14.4. The van der Waals surface area contributed by atoms with Crippen molar-refractivity contribution >= 4 is 17.4 Å². The molecule has 0 aliphatic rings. The molecule has 0 aromatic carbocycles. The molecule has 0 bridgehead atoms. The van der Waals surface area contributed by atoms with E-state index in [0.29, 0.717) is 18.5 Å². The Balaban J connectivity index is 3.04. The van der Waals surface area contributed by atoms with Crippen LogP contribution in [-0.4, -0.2) is 35.1 Å². The molecule has 1 aromatic rings. The molecule has 0 aliphatic heterocycles. The Bertz CT molecular complexity index is 395. The summed E-state index contributed by atoms with van der Waals surface area (Å²) in [5, 5.41) is 0. The van der Waals surface area contributed by atoms with E-state index >= 15 is 0 Å². The van der Waals surface area contributed by atoms with E-state index in [0.717, 1.165) is 29.4 Å². The molecule has 5 heteroatoms. The van der Waals surface area contributed by atoms with E-state index < -0.39 is 0 Å². The van der Waals surface area contributed by atoms with Gasteiger partial charge in [-0.05, 0) is 12.7 Å². The summed E-state index contributed by atoms with van der Waals surface area (Å²) >= 11 is 1.87. The van der Waals surface area contributed by atoms with Crippen LogP contribution in [0.1, 0.15) is 44.6 Å². The molecule has 2 N–H and O–H groups in total. The van der Waals surface area contributed by atoms with Gasteiger partial charge in [-0.1, -0.05) is 20.8 Å². The standard InChI is InChI=1S/C14H26N4S/c1-6-11(9-19-5)18(4)13-8-16-14(10(2)3)17-12(13)7-15/h8,10-11H,6-7,9,15H2,1-5H3. The lowest BCUT2D eigenvalue weighted by Gasteiger charge is -2.30. The van der Waals surface area contributed by atoms with Crippen LogP contribution in [0.5, 0.6) is 0 Å². The minimum Gasteiger partial charge on any atom is -0.368 e. The second kappa shape index (κ2) is 7.70. The van der Waals surface area contributed by atoms with Crippen molar-refractivity contribution in [3.05, 3.63) is 17.7 Å². The van der Waals surface area contributed by atoms with Gasteiger partial charge in [0, 0.05) is 31.3 Å². The van der Waals surface area contributed by atoms with E-state index in [1.165, 1.54) is 0 Å². The summed E-state index contributed by atoms with van der Waals surface area (Å²) < 4.78 is 0. The molecule has 0 aliphatic carbocycles. The van der Waals surface area contributed by atoms with Crippen molar-refractivity contribution in [3.8, 4) is 0 Å². The first-order valence-corrected chi connectivity index (χ1v) is 8.22. The number of hydrogen-bond acceptors (Lipinski definition) is 5. The molecule has 0 fully saturated rings. The Morgan fingerprint density at radius 2 is 2.11 bits per heavy atom.